The molecule has 5 unspecified atom stereocenters. The second-order valence-corrected chi connectivity index (χ2v) is 16.7. The summed E-state index contributed by atoms with van der Waals surface area (Å²) in [6, 6.07) is 44.2. The van der Waals surface area contributed by atoms with Crippen LogP contribution in [0.4, 0.5) is 0 Å². The highest BCUT2D eigenvalue weighted by atomic mass is 16.5. The van der Waals surface area contributed by atoms with Crippen molar-refractivity contribution < 1.29 is 4.74 Å². The minimum absolute atomic E-state index is 0.0131. The predicted molar refractivity (Wildman–Crippen MR) is 236 cm³/mol. The molecule has 2 aliphatic carbocycles. The standard InChI is InChI=1S/C51H48N6O/c1-4-58-33(3)27-39(55-38-24-22-35-28-40(55)30-37(35)29-38)26-32(2)49-52-50(56-45-19-11-8-16-41(45)42-17-9-12-20-46(42)56)54-51(53-49)57-47-21-13-10-18-43(47)44-31-36(23-25-48(44)57)34-14-6-5-7-15-34/h5-21,23,25-27,31,33,35,37-38,40H,4,22,24,28-30H2,1-3H3/b32-26+,39-27+. The van der Waals surface area contributed by atoms with E-state index in [0.29, 0.717) is 36.4 Å². The van der Waals surface area contributed by atoms with E-state index < -0.39 is 0 Å². The van der Waals surface area contributed by atoms with Crippen LogP contribution >= 0.6 is 0 Å². The molecule has 7 heteroatoms. The smallest absolute Gasteiger partial charge is 0.240 e. The SMILES string of the molecule is CCOC(C)/C=C(\C=C(/C)c1nc(-n2c3ccccc3c3ccccc32)nc(-n2c3ccccc3c3cc(-c4ccccc4)ccc32)n1)N1C2CCC3CC1CC3C2. The normalized spacial score (nSPS) is 21.3. The number of ether oxygens (including phenoxy) is 1. The Kier molecular flexibility index (Phi) is 8.54. The molecule has 288 valence electrons. The van der Waals surface area contributed by atoms with Crippen LogP contribution in [0.25, 0.3) is 72.2 Å². The molecule has 0 spiro atoms. The minimum atomic E-state index is -0.0131. The van der Waals surface area contributed by atoms with Gasteiger partial charge in [0, 0.05) is 45.9 Å². The van der Waals surface area contributed by atoms with Gasteiger partial charge in [-0.3, -0.25) is 9.13 Å². The molecule has 1 saturated heterocycles. The number of hydrogen-bond donors (Lipinski definition) is 0. The van der Waals surface area contributed by atoms with Gasteiger partial charge in [-0.05, 0) is 124 Å². The van der Waals surface area contributed by atoms with Crippen molar-refractivity contribution in [2.75, 3.05) is 6.61 Å². The van der Waals surface area contributed by atoms with Crippen LogP contribution in [0.15, 0.2) is 139 Å². The maximum atomic E-state index is 6.17. The van der Waals surface area contributed by atoms with Crippen LogP contribution in [-0.2, 0) is 4.74 Å². The molecule has 1 aliphatic heterocycles. The molecule has 58 heavy (non-hydrogen) atoms. The minimum Gasteiger partial charge on any atom is -0.375 e. The number of para-hydroxylation sites is 3. The summed E-state index contributed by atoms with van der Waals surface area (Å²) in [5.41, 5.74) is 8.85. The molecule has 2 saturated carbocycles. The van der Waals surface area contributed by atoms with Crippen molar-refractivity contribution in [2.24, 2.45) is 11.8 Å². The zero-order valence-corrected chi connectivity index (χ0v) is 33.4. The van der Waals surface area contributed by atoms with Crippen molar-refractivity contribution in [2.45, 2.75) is 71.1 Å². The number of aromatic nitrogens is 5. The Balaban J connectivity index is 1.14. The Bertz CT molecular complexity index is 2860. The lowest BCUT2D eigenvalue weighted by Gasteiger charge is -2.45. The average Bonchev–Trinajstić information content (AvgIpc) is 3.86. The molecule has 3 fully saturated rings. The van der Waals surface area contributed by atoms with Gasteiger partial charge in [-0.1, -0.05) is 91.0 Å². The molecular weight excluding hydrogens is 713 g/mol. The molecule has 3 aromatic heterocycles. The summed E-state index contributed by atoms with van der Waals surface area (Å²) in [5.74, 6) is 3.61. The maximum Gasteiger partial charge on any atom is 0.240 e. The van der Waals surface area contributed by atoms with Crippen LogP contribution in [0, 0.1) is 11.8 Å². The lowest BCUT2D eigenvalue weighted by atomic mass is 9.78. The van der Waals surface area contributed by atoms with Gasteiger partial charge < -0.3 is 9.64 Å². The summed E-state index contributed by atoms with van der Waals surface area (Å²) in [6.07, 6.45) is 11.2. The lowest BCUT2D eigenvalue weighted by Crippen LogP contribution is -2.46. The van der Waals surface area contributed by atoms with Crippen LogP contribution in [-0.4, -0.2) is 53.8 Å². The first-order chi connectivity index (χ1) is 28.5. The van der Waals surface area contributed by atoms with Crippen LogP contribution < -0.4 is 0 Å². The highest BCUT2D eigenvalue weighted by molar-refractivity contribution is 6.11. The lowest BCUT2D eigenvalue weighted by molar-refractivity contribution is 0.0881. The van der Waals surface area contributed by atoms with Crippen molar-refractivity contribution in [1.29, 1.82) is 0 Å². The van der Waals surface area contributed by atoms with Crippen LogP contribution in [0.2, 0.25) is 0 Å². The van der Waals surface area contributed by atoms with E-state index in [9.17, 15) is 0 Å². The fourth-order valence-corrected chi connectivity index (χ4v) is 10.8. The van der Waals surface area contributed by atoms with E-state index in [1.54, 1.807) is 0 Å². The van der Waals surface area contributed by atoms with E-state index in [0.717, 1.165) is 50.2 Å². The number of benzene rings is 5. The predicted octanol–water partition coefficient (Wildman–Crippen LogP) is 11.7. The van der Waals surface area contributed by atoms with Gasteiger partial charge in [0.2, 0.25) is 11.9 Å². The van der Waals surface area contributed by atoms with Crippen LogP contribution in [0.5, 0.6) is 0 Å². The van der Waals surface area contributed by atoms with E-state index in [2.05, 4.69) is 168 Å². The molecule has 7 nitrogen and oxygen atoms in total. The van der Waals surface area contributed by atoms with Crippen molar-refractivity contribution >= 4 is 49.2 Å². The van der Waals surface area contributed by atoms with E-state index >= 15 is 0 Å². The van der Waals surface area contributed by atoms with Gasteiger partial charge in [0.15, 0.2) is 5.82 Å². The van der Waals surface area contributed by atoms with Crippen molar-refractivity contribution in [1.82, 2.24) is 29.0 Å². The Hall–Kier alpha value is -6.05. The summed E-state index contributed by atoms with van der Waals surface area (Å²) >= 11 is 0. The highest BCUT2D eigenvalue weighted by Crippen LogP contribution is 2.52. The number of fused-ring (bicyclic) bond motifs is 8. The van der Waals surface area contributed by atoms with Gasteiger partial charge in [-0.2, -0.15) is 15.0 Å². The maximum absolute atomic E-state index is 6.17. The molecule has 0 N–H and O–H groups in total. The third kappa shape index (κ3) is 5.78. The number of rotatable bonds is 9. The fraction of sp³-hybridized carbons (Fsp3) is 0.275. The molecule has 4 heterocycles. The van der Waals surface area contributed by atoms with Crippen molar-refractivity contribution in [3.05, 3.63) is 145 Å². The van der Waals surface area contributed by atoms with Gasteiger partial charge >= 0.3 is 0 Å². The van der Waals surface area contributed by atoms with Gasteiger partial charge in [0.05, 0.1) is 28.2 Å². The second kappa shape index (κ2) is 14.1. The monoisotopic (exact) mass is 760 g/mol. The topological polar surface area (TPSA) is 61.0 Å². The van der Waals surface area contributed by atoms with Crippen molar-refractivity contribution in [3.8, 4) is 23.0 Å². The molecule has 8 aromatic rings. The van der Waals surface area contributed by atoms with Gasteiger partial charge in [-0.25, -0.2) is 0 Å². The second-order valence-electron chi connectivity index (χ2n) is 16.7. The Labute approximate surface area is 339 Å². The molecule has 0 amide bonds. The molecule has 3 bridgehead atoms. The molecule has 5 atom stereocenters. The number of nitrogens with zero attached hydrogens (tertiary/aromatic N) is 6. The van der Waals surface area contributed by atoms with Crippen LogP contribution in [0.1, 0.15) is 58.7 Å². The number of hydrogen-bond acceptors (Lipinski definition) is 5. The molecular formula is C51H48N6O. The van der Waals surface area contributed by atoms with E-state index in [1.807, 2.05) is 0 Å². The molecule has 0 radical (unpaired) electrons. The summed E-state index contributed by atoms with van der Waals surface area (Å²) < 4.78 is 10.6. The van der Waals surface area contributed by atoms with Crippen molar-refractivity contribution in [3.63, 3.8) is 0 Å². The largest absolute Gasteiger partial charge is 0.375 e. The van der Waals surface area contributed by atoms with Gasteiger partial charge in [0.1, 0.15) is 0 Å². The van der Waals surface area contributed by atoms with E-state index in [1.165, 1.54) is 59.7 Å². The number of likely N-dealkylation sites (tertiary alicyclic amines) is 1. The molecule has 3 aliphatic rings. The first-order valence-electron chi connectivity index (χ1n) is 21.2. The van der Waals surface area contributed by atoms with E-state index in [-0.39, 0.29) is 6.10 Å². The summed E-state index contributed by atoms with van der Waals surface area (Å²) in [7, 11) is 0. The van der Waals surface area contributed by atoms with Gasteiger partial charge in [-0.15, -0.1) is 0 Å². The zero-order chi connectivity index (χ0) is 38.9. The first-order valence-corrected chi connectivity index (χ1v) is 21.2. The quantitative estimate of drug-likeness (QED) is 0.137. The Morgan fingerprint density at radius 3 is 1.86 bits per heavy atom. The highest BCUT2D eigenvalue weighted by Gasteiger charge is 2.48. The third-order valence-corrected chi connectivity index (χ3v) is 13.3. The summed E-state index contributed by atoms with van der Waals surface area (Å²) in [4.78, 5) is 19.0. The molecule has 5 aromatic carbocycles. The fourth-order valence-electron chi connectivity index (χ4n) is 10.8. The average molecular weight is 761 g/mol. The van der Waals surface area contributed by atoms with Crippen LogP contribution in [0.3, 0.4) is 0 Å². The zero-order valence-electron chi connectivity index (χ0n) is 33.4. The Morgan fingerprint density at radius 2 is 1.21 bits per heavy atom. The molecule has 11 rings (SSSR count). The summed E-state index contributed by atoms with van der Waals surface area (Å²) in [6.45, 7) is 7.09. The Morgan fingerprint density at radius 1 is 0.638 bits per heavy atom. The number of allylic oxidation sites excluding steroid dienone is 2. The first kappa shape index (κ1) is 35.1. The van der Waals surface area contributed by atoms with E-state index in [4.69, 9.17) is 19.7 Å². The van der Waals surface area contributed by atoms with Gasteiger partial charge in [0.25, 0.3) is 0 Å². The number of piperidine rings is 1. The summed E-state index contributed by atoms with van der Waals surface area (Å²) in [5, 5.41) is 4.66. The third-order valence-electron chi connectivity index (χ3n) is 13.3.